The van der Waals surface area contributed by atoms with Crippen LogP contribution in [0.15, 0.2) is 30.9 Å². The van der Waals surface area contributed by atoms with Gasteiger partial charge in [0.1, 0.15) is 11.6 Å². The lowest BCUT2D eigenvalue weighted by Crippen LogP contribution is -2.20. The lowest BCUT2D eigenvalue weighted by Gasteiger charge is -2.18. The minimum atomic E-state index is -0.268. The van der Waals surface area contributed by atoms with Crippen molar-refractivity contribution >= 4 is 0 Å². The predicted octanol–water partition coefficient (Wildman–Crippen LogP) is 3.84. The van der Waals surface area contributed by atoms with Crippen LogP contribution in [0.1, 0.15) is 38.3 Å². The number of ether oxygens (including phenoxy) is 1. The Morgan fingerprint density at radius 2 is 2.28 bits per heavy atom. The summed E-state index contributed by atoms with van der Waals surface area (Å²) < 4.78 is 18.9. The summed E-state index contributed by atoms with van der Waals surface area (Å²) in [5.74, 6) is 0.350. The van der Waals surface area contributed by atoms with E-state index < -0.39 is 0 Å². The molecule has 0 spiro atoms. The molecule has 18 heavy (non-hydrogen) atoms. The van der Waals surface area contributed by atoms with Gasteiger partial charge in [0.05, 0.1) is 6.61 Å². The lowest BCUT2D eigenvalue weighted by atomic mass is 10.1. The average molecular weight is 251 g/mol. The molecule has 1 aromatic rings. The fraction of sp³-hybridized carbons (Fsp3) is 0.467. The summed E-state index contributed by atoms with van der Waals surface area (Å²) in [6, 6.07) is 4.86. The van der Waals surface area contributed by atoms with Crippen molar-refractivity contribution in [3.8, 4) is 5.75 Å². The minimum absolute atomic E-state index is 0.157. The topological polar surface area (TPSA) is 21.3 Å². The number of hydrogen-bond acceptors (Lipinski definition) is 2. The third kappa shape index (κ3) is 4.49. The van der Waals surface area contributed by atoms with Gasteiger partial charge in [0.15, 0.2) is 0 Å². The zero-order valence-electron chi connectivity index (χ0n) is 11.2. The van der Waals surface area contributed by atoms with E-state index in [1.165, 1.54) is 12.1 Å². The maximum Gasteiger partial charge on any atom is 0.126 e. The van der Waals surface area contributed by atoms with Gasteiger partial charge in [0.25, 0.3) is 0 Å². The molecule has 100 valence electrons. The quantitative estimate of drug-likeness (QED) is 0.560. The maximum atomic E-state index is 13.3. The molecular weight excluding hydrogens is 229 g/mol. The summed E-state index contributed by atoms with van der Waals surface area (Å²) >= 11 is 0. The summed E-state index contributed by atoms with van der Waals surface area (Å²) in [4.78, 5) is 0. The zero-order chi connectivity index (χ0) is 13.4. The maximum absolute atomic E-state index is 13.3. The van der Waals surface area contributed by atoms with Crippen molar-refractivity contribution in [1.29, 1.82) is 0 Å². The number of benzene rings is 1. The van der Waals surface area contributed by atoms with Crippen molar-refractivity contribution in [2.24, 2.45) is 0 Å². The van der Waals surface area contributed by atoms with Crippen LogP contribution in [0, 0.1) is 5.82 Å². The van der Waals surface area contributed by atoms with Crippen LogP contribution in [0.25, 0.3) is 0 Å². The number of nitrogens with one attached hydrogen (secondary N) is 1. The molecule has 3 heteroatoms. The van der Waals surface area contributed by atoms with E-state index in [0.29, 0.717) is 12.4 Å². The van der Waals surface area contributed by atoms with Crippen molar-refractivity contribution in [1.82, 2.24) is 5.32 Å². The second kappa shape index (κ2) is 7.88. The largest absolute Gasteiger partial charge is 0.493 e. The number of rotatable bonds is 8. The van der Waals surface area contributed by atoms with Crippen LogP contribution in [-0.2, 0) is 0 Å². The Labute approximate surface area is 109 Å². The summed E-state index contributed by atoms with van der Waals surface area (Å²) in [6.45, 7) is 9.28. The van der Waals surface area contributed by atoms with E-state index in [-0.39, 0.29) is 11.9 Å². The number of hydrogen-bond donors (Lipinski definition) is 1. The highest BCUT2D eigenvalue weighted by Crippen LogP contribution is 2.26. The highest BCUT2D eigenvalue weighted by Gasteiger charge is 2.11. The van der Waals surface area contributed by atoms with E-state index in [1.807, 2.05) is 0 Å². The van der Waals surface area contributed by atoms with Crippen LogP contribution in [0.2, 0.25) is 0 Å². The first kappa shape index (κ1) is 14.7. The SMILES string of the molecule is C=CCCOc1cc(F)ccc1C(C)NCCC. The molecule has 1 aromatic carbocycles. The Bertz CT molecular complexity index is 379. The van der Waals surface area contributed by atoms with Gasteiger partial charge in [-0.05, 0) is 32.4 Å². The van der Waals surface area contributed by atoms with Gasteiger partial charge in [0, 0.05) is 17.7 Å². The highest BCUT2D eigenvalue weighted by molar-refractivity contribution is 5.36. The molecule has 0 radical (unpaired) electrons. The smallest absolute Gasteiger partial charge is 0.126 e. The molecule has 0 aliphatic rings. The van der Waals surface area contributed by atoms with E-state index >= 15 is 0 Å². The summed E-state index contributed by atoms with van der Waals surface area (Å²) in [5.41, 5.74) is 0.994. The lowest BCUT2D eigenvalue weighted by molar-refractivity contribution is 0.316. The van der Waals surface area contributed by atoms with Gasteiger partial charge in [-0.25, -0.2) is 4.39 Å². The van der Waals surface area contributed by atoms with Gasteiger partial charge in [-0.3, -0.25) is 0 Å². The van der Waals surface area contributed by atoms with Crippen molar-refractivity contribution < 1.29 is 9.13 Å². The first-order valence-corrected chi connectivity index (χ1v) is 6.45. The van der Waals surface area contributed by atoms with Crippen molar-refractivity contribution in [3.63, 3.8) is 0 Å². The molecular formula is C15H22FNO. The van der Waals surface area contributed by atoms with Crippen molar-refractivity contribution in [2.45, 2.75) is 32.7 Å². The molecule has 1 N–H and O–H groups in total. The predicted molar refractivity (Wildman–Crippen MR) is 73.4 cm³/mol. The van der Waals surface area contributed by atoms with E-state index in [9.17, 15) is 4.39 Å². The summed E-state index contributed by atoms with van der Waals surface area (Å²) in [6.07, 6.45) is 3.61. The van der Waals surface area contributed by atoms with E-state index in [1.54, 1.807) is 12.1 Å². The van der Waals surface area contributed by atoms with Crippen LogP contribution in [0.5, 0.6) is 5.75 Å². The van der Waals surface area contributed by atoms with Gasteiger partial charge >= 0.3 is 0 Å². The molecule has 0 amide bonds. The van der Waals surface area contributed by atoms with E-state index in [4.69, 9.17) is 4.74 Å². The molecule has 1 unspecified atom stereocenters. The summed E-state index contributed by atoms with van der Waals surface area (Å²) in [7, 11) is 0. The summed E-state index contributed by atoms with van der Waals surface area (Å²) in [5, 5.41) is 3.38. The Balaban J connectivity index is 2.77. The molecule has 0 saturated carbocycles. The second-order valence-corrected chi connectivity index (χ2v) is 4.28. The average Bonchev–Trinajstić information content (AvgIpc) is 2.36. The van der Waals surface area contributed by atoms with E-state index in [2.05, 4.69) is 25.7 Å². The van der Waals surface area contributed by atoms with Crippen LogP contribution in [0.4, 0.5) is 4.39 Å². The van der Waals surface area contributed by atoms with E-state index in [0.717, 1.165) is 24.9 Å². The fourth-order valence-electron chi connectivity index (χ4n) is 1.71. The Morgan fingerprint density at radius 1 is 1.50 bits per heavy atom. The highest BCUT2D eigenvalue weighted by atomic mass is 19.1. The monoisotopic (exact) mass is 251 g/mol. The van der Waals surface area contributed by atoms with Crippen LogP contribution in [-0.4, -0.2) is 13.2 Å². The van der Waals surface area contributed by atoms with Gasteiger partial charge in [-0.15, -0.1) is 6.58 Å². The molecule has 0 heterocycles. The minimum Gasteiger partial charge on any atom is -0.493 e. The molecule has 0 saturated heterocycles. The number of halogens is 1. The molecule has 0 bridgehead atoms. The molecule has 0 aromatic heterocycles. The Kier molecular flexibility index (Phi) is 6.44. The van der Waals surface area contributed by atoms with Crippen LogP contribution in [0.3, 0.4) is 0 Å². The third-order valence-electron chi connectivity index (χ3n) is 2.72. The normalized spacial score (nSPS) is 12.2. The van der Waals surface area contributed by atoms with Gasteiger partial charge in [-0.2, -0.15) is 0 Å². The molecule has 0 fully saturated rings. The zero-order valence-corrected chi connectivity index (χ0v) is 11.2. The Morgan fingerprint density at radius 3 is 2.94 bits per heavy atom. The first-order valence-electron chi connectivity index (χ1n) is 6.45. The first-order chi connectivity index (χ1) is 8.69. The van der Waals surface area contributed by atoms with Crippen molar-refractivity contribution in [3.05, 3.63) is 42.2 Å². The van der Waals surface area contributed by atoms with Gasteiger partial charge < -0.3 is 10.1 Å². The molecule has 0 aliphatic heterocycles. The van der Waals surface area contributed by atoms with Crippen molar-refractivity contribution in [2.75, 3.05) is 13.2 Å². The standard InChI is InChI=1S/C15H22FNO/c1-4-6-10-18-15-11-13(16)7-8-14(15)12(3)17-9-5-2/h4,7-8,11-12,17H,1,5-6,9-10H2,2-3H3. The van der Waals surface area contributed by atoms with Crippen LogP contribution < -0.4 is 10.1 Å². The molecule has 1 atom stereocenters. The van der Waals surface area contributed by atoms with Crippen LogP contribution >= 0.6 is 0 Å². The third-order valence-corrected chi connectivity index (χ3v) is 2.72. The molecule has 1 rings (SSSR count). The second-order valence-electron chi connectivity index (χ2n) is 4.28. The Hall–Kier alpha value is -1.35. The van der Waals surface area contributed by atoms with Gasteiger partial charge in [0.2, 0.25) is 0 Å². The molecule has 2 nitrogen and oxygen atoms in total. The fourth-order valence-corrected chi connectivity index (χ4v) is 1.71. The van der Waals surface area contributed by atoms with Gasteiger partial charge in [-0.1, -0.05) is 19.1 Å². The molecule has 0 aliphatic carbocycles.